The number of nitrogens with zero attached hydrogens (tertiary/aromatic N) is 1. The maximum absolute atomic E-state index is 11.3. The van der Waals surface area contributed by atoms with Crippen LogP contribution in [0.1, 0.15) is 20.8 Å². The smallest absolute Gasteiger partial charge is 0.317 e. The van der Waals surface area contributed by atoms with E-state index in [1.54, 1.807) is 0 Å². The fraction of sp³-hybridized carbons (Fsp3) is 0.889. The van der Waals surface area contributed by atoms with Crippen molar-refractivity contribution in [2.24, 2.45) is 0 Å². The van der Waals surface area contributed by atoms with Crippen molar-refractivity contribution in [3.8, 4) is 0 Å². The molecule has 0 aliphatic carbocycles. The van der Waals surface area contributed by atoms with E-state index in [0.717, 1.165) is 19.6 Å². The zero-order valence-electron chi connectivity index (χ0n) is 8.63. The first kappa shape index (κ1) is 10.3. The van der Waals surface area contributed by atoms with Crippen molar-refractivity contribution in [2.45, 2.75) is 32.9 Å². The van der Waals surface area contributed by atoms with Gasteiger partial charge in [-0.15, -0.1) is 0 Å². The van der Waals surface area contributed by atoms with Crippen molar-refractivity contribution < 1.29 is 4.79 Å². The quantitative estimate of drug-likeness (QED) is 0.666. The predicted octanol–water partition coefficient (Wildman–Crippen LogP) is 0.398. The van der Waals surface area contributed by atoms with Crippen molar-refractivity contribution in [2.75, 3.05) is 19.6 Å². The molecule has 13 heavy (non-hydrogen) atoms. The number of carbonyl (C=O) groups is 1. The highest BCUT2D eigenvalue weighted by Crippen LogP contribution is 2.03. The fourth-order valence-electron chi connectivity index (χ4n) is 1.66. The first-order valence-electron chi connectivity index (χ1n) is 4.92. The number of carbonyl (C=O) groups excluding carboxylic acids is 1. The van der Waals surface area contributed by atoms with E-state index in [0.29, 0.717) is 12.1 Å². The first-order valence-corrected chi connectivity index (χ1v) is 4.92. The van der Waals surface area contributed by atoms with E-state index in [2.05, 4.69) is 24.5 Å². The molecule has 1 aliphatic heterocycles. The molecule has 0 aromatic heterocycles. The largest absolute Gasteiger partial charge is 0.334 e. The summed E-state index contributed by atoms with van der Waals surface area (Å²) in [4.78, 5) is 13.2. The lowest BCUT2D eigenvalue weighted by Crippen LogP contribution is -2.40. The third-order valence-corrected chi connectivity index (χ3v) is 2.20. The van der Waals surface area contributed by atoms with Gasteiger partial charge in [-0.2, -0.15) is 0 Å². The minimum Gasteiger partial charge on any atom is -0.334 e. The van der Waals surface area contributed by atoms with Crippen LogP contribution in [-0.2, 0) is 0 Å². The Morgan fingerprint density at radius 2 is 2.46 bits per heavy atom. The van der Waals surface area contributed by atoms with Crippen LogP contribution in [0, 0.1) is 0 Å². The molecule has 0 bridgehead atoms. The van der Waals surface area contributed by atoms with Gasteiger partial charge in [0.15, 0.2) is 0 Å². The monoisotopic (exact) mass is 185 g/mol. The Bertz CT molecular complexity index is 184. The summed E-state index contributed by atoms with van der Waals surface area (Å²) in [6, 6.07) is 0.736. The molecule has 0 aromatic rings. The van der Waals surface area contributed by atoms with Crippen molar-refractivity contribution in [3.05, 3.63) is 0 Å². The molecule has 4 nitrogen and oxygen atoms in total. The Morgan fingerprint density at radius 1 is 1.77 bits per heavy atom. The molecule has 2 N–H and O–H groups in total. The van der Waals surface area contributed by atoms with Crippen molar-refractivity contribution in [3.63, 3.8) is 0 Å². The maximum atomic E-state index is 11.3. The lowest BCUT2D eigenvalue weighted by atomic mass is 10.3. The molecule has 76 valence electrons. The van der Waals surface area contributed by atoms with Gasteiger partial charge in [-0.1, -0.05) is 6.92 Å². The Morgan fingerprint density at radius 3 is 2.92 bits per heavy atom. The molecule has 0 radical (unpaired) electrons. The van der Waals surface area contributed by atoms with E-state index < -0.39 is 0 Å². The molecule has 2 unspecified atom stereocenters. The number of rotatable bonds is 4. The van der Waals surface area contributed by atoms with Gasteiger partial charge in [-0.05, 0) is 20.4 Å². The van der Waals surface area contributed by atoms with Gasteiger partial charge in [0.25, 0.3) is 0 Å². The highest BCUT2D eigenvalue weighted by molar-refractivity contribution is 5.76. The van der Waals surface area contributed by atoms with E-state index in [-0.39, 0.29) is 6.03 Å². The van der Waals surface area contributed by atoms with Crippen LogP contribution in [0.4, 0.5) is 4.79 Å². The predicted molar refractivity (Wildman–Crippen MR) is 52.7 cm³/mol. The van der Waals surface area contributed by atoms with Gasteiger partial charge >= 0.3 is 6.03 Å². The first-order chi connectivity index (χ1) is 6.13. The number of nitrogens with one attached hydrogen (secondary N) is 2. The summed E-state index contributed by atoms with van der Waals surface area (Å²) < 4.78 is 0. The van der Waals surface area contributed by atoms with Crippen LogP contribution in [0.3, 0.4) is 0 Å². The summed E-state index contributed by atoms with van der Waals surface area (Å²) >= 11 is 0. The molecule has 0 aromatic carbocycles. The number of hydrogen-bond donors (Lipinski definition) is 2. The van der Waals surface area contributed by atoms with Crippen LogP contribution >= 0.6 is 0 Å². The zero-order chi connectivity index (χ0) is 9.84. The summed E-state index contributed by atoms with van der Waals surface area (Å²) in [5.74, 6) is 0. The molecular weight excluding hydrogens is 166 g/mol. The molecule has 1 heterocycles. The van der Waals surface area contributed by atoms with Gasteiger partial charge in [0.2, 0.25) is 0 Å². The SMILES string of the molecule is CCNC(C)CN1CC(C)NC1=O. The molecule has 4 heteroatoms. The zero-order valence-corrected chi connectivity index (χ0v) is 8.63. The van der Waals surface area contributed by atoms with Gasteiger partial charge in [0.1, 0.15) is 0 Å². The van der Waals surface area contributed by atoms with E-state index in [1.165, 1.54) is 0 Å². The highest BCUT2D eigenvalue weighted by atomic mass is 16.2. The van der Waals surface area contributed by atoms with Crippen molar-refractivity contribution in [1.82, 2.24) is 15.5 Å². The van der Waals surface area contributed by atoms with E-state index >= 15 is 0 Å². The standard InChI is InChI=1S/C9H19N3O/c1-4-10-7(2)5-12-6-8(3)11-9(12)13/h7-8,10H,4-6H2,1-3H3,(H,11,13). The normalized spacial score (nSPS) is 24.7. The number of likely N-dealkylation sites (N-methyl/N-ethyl adjacent to an activating group) is 1. The second kappa shape index (κ2) is 4.46. The van der Waals surface area contributed by atoms with Gasteiger partial charge < -0.3 is 15.5 Å². The Labute approximate surface area is 79.7 Å². The Balaban J connectivity index is 2.32. The molecule has 1 aliphatic rings. The van der Waals surface area contributed by atoms with Crippen LogP contribution in [0.2, 0.25) is 0 Å². The second-order valence-corrected chi connectivity index (χ2v) is 3.71. The minimum absolute atomic E-state index is 0.0669. The van der Waals surface area contributed by atoms with Gasteiger partial charge in [0.05, 0.1) is 0 Å². The topological polar surface area (TPSA) is 44.4 Å². The molecule has 1 rings (SSSR count). The lowest BCUT2D eigenvalue weighted by molar-refractivity contribution is 0.213. The minimum atomic E-state index is 0.0669. The number of amides is 2. The number of urea groups is 1. The molecule has 0 saturated carbocycles. The van der Waals surface area contributed by atoms with Crippen LogP contribution in [0.5, 0.6) is 0 Å². The molecule has 1 fully saturated rings. The summed E-state index contributed by atoms with van der Waals surface area (Å²) in [6.45, 7) is 8.77. The van der Waals surface area contributed by atoms with E-state index in [9.17, 15) is 4.79 Å². The summed E-state index contributed by atoms with van der Waals surface area (Å²) in [5.41, 5.74) is 0. The van der Waals surface area contributed by atoms with Crippen molar-refractivity contribution >= 4 is 6.03 Å². The van der Waals surface area contributed by atoms with Crippen molar-refractivity contribution in [1.29, 1.82) is 0 Å². The number of hydrogen-bond acceptors (Lipinski definition) is 2. The Hall–Kier alpha value is -0.770. The van der Waals surface area contributed by atoms with Gasteiger partial charge in [-0.3, -0.25) is 0 Å². The summed E-state index contributed by atoms with van der Waals surface area (Å²) in [6.07, 6.45) is 0. The fourth-order valence-corrected chi connectivity index (χ4v) is 1.66. The summed E-state index contributed by atoms with van der Waals surface area (Å²) in [5, 5.41) is 6.16. The highest BCUT2D eigenvalue weighted by Gasteiger charge is 2.25. The van der Waals surface area contributed by atoms with Crippen LogP contribution in [-0.4, -0.2) is 42.6 Å². The molecule has 1 saturated heterocycles. The third kappa shape index (κ3) is 2.88. The van der Waals surface area contributed by atoms with Crippen LogP contribution in [0.15, 0.2) is 0 Å². The summed E-state index contributed by atoms with van der Waals surface area (Å²) in [7, 11) is 0. The molecule has 2 atom stereocenters. The van der Waals surface area contributed by atoms with Crippen LogP contribution in [0.25, 0.3) is 0 Å². The second-order valence-electron chi connectivity index (χ2n) is 3.71. The molecule has 2 amide bonds. The third-order valence-electron chi connectivity index (χ3n) is 2.20. The molecular formula is C9H19N3O. The van der Waals surface area contributed by atoms with Gasteiger partial charge in [-0.25, -0.2) is 4.79 Å². The lowest BCUT2D eigenvalue weighted by Gasteiger charge is -2.20. The van der Waals surface area contributed by atoms with Crippen LogP contribution < -0.4 is 10.6 Å². The average molecular weight is 185 g/mol. The van der Waals surface area contributed by atoms with E-state index in [4.69, 9.17) is 0 Å². The van der Waals surface area contributed by atoms with Gasteiger partial charge in [0, 0.05) is 25.2 Å². The average Bonchev–Trinajstić information content (AvgIpc) is 2.30. The maximum Gasteiger partial charge on any atom is 0.317 e. The van der Waals surface area contributed by atoms with E-state index in [1.807, 2.05) is 11.8 Å². The Kier molecular flexibility index (Phi) is 3.54. The molecule has 0 spiro atoms.